The van der Waals surface area contributed by atoms with Crippen LogP contribution in [0, 0.1) is 5.82 Å². The summed E-state index contributed by atoms with van der Waals surface area (Å²) in [4.78, 5) is 30.4. The van der Waals surface area contributed by atoms with Crippen molar-refractivity contribution in [2.75, 3.05) is 62.7 Å². The molecule has 2 heterocycles. The summed E-state index contributed by atoms with van der Waals surface area (Å²) in [5.74, 6) is -0.399. The van der Waals surface area contributed by atoms with E-state index in [1.54, 1.807) is 34.1 Å². The van der Waals surface area contributed by atoms with Crippen LogP contribution >= 0.6 is 0 Å². The van der Waals surface area contributed by atoms with Gasteiger partial charge in [-0.3, -0.25) is 4.79 Å². The predicted octanol–water partition coefficient (Wildman–Crippen LogP) is 2.65. The van der Waals surface area contributed by atoms with Crippen LogP contribution in [0.2, 0.25) is 0 Å². The minimum absolute atomic E-state index is 0.0311. The molecule has 2 aliphatic rings. The molecule has 2 saturated heterocycles. The summed E-state index contributed by atoms with van der Waals surface area (Å²) in [6, 6.07) is 13.6. The van der Waals surface area contributed by atoms with Crippen molar-refractivity contribution in [3.05, 3.63) is 59.9 Å². The number of benzene rings is 2. The smallest absolute Gasteiger partial charge is 0.321 e. The fourth-order valence-electron chi connectivity index (χ4n) is 3.72. The Kier molecular flexibility index (Phi) is 6.13. The van der Waals surface area contributed by atoms with Crippen molar-refractivity contribution in [2.24, 2.45) is 0 Å². The van der Waals surface area contributed by atoms with Crippen LogP contribution in [0.4, 0.5) is 20.6 Å². The van der Waals surface area contributed by atoms with E-state index in [2.05, 4.69) is 5.32 Å². The van der Waals surface area contributed by atoms with Crippen LogP contribution in [0.1, 0.15) is 10.4 Å². The SMILES string of the molecule is O=C(Nc1ccc(N2CCOCC2)c(F)c1)N1CCN(C(=O)c2ccccc2)CC1. The number of amides is 3. The van der Waals surface area contributed by atoms with Crippen molar-refractivity contribution in [3.63, 3.8) is 0 Å². The Bertz CT molecular complexity index is 895. The first-order valence-electron chi connectivity index (χ1n) is 10.1. The summed E-state index contributed by atoms with van der Waals surface area (Å²) in [6.45, 7) is 4.24. The molecule has 8 heteroatoms. The first-order chi connectivity index (χ1) is 14.6. The van der Waals surface area contributed by atoms with Crippen molar-refractivity contribution in [1.29, 1.82) is 0 Å². The average Bonchev–Trinajstić information content (AvgIpc) is 2.80. The van der Waals surface area contributed by atoms with E-state index >= 15 is 0 Å². The van der Waals surface area contributed by atoms with Crippen LogP contribution in [-0.2, 0) is 4.74 Å². The van der Waals surface area contributed by atoms with Crippen LogP contribution in [0.5, 0.6) is 0 Å². The molecule has 158 valence electrons. The first-order valence-corrected chi connectivity index (χ1v) is 10.1. The number of rotatable bonds is 3. The summed E-state index contributed by atoms with van der Waals surface area (Å²) in [7, 11) is 0. The standard InChI is InChI=1S/C22H25FN4O3/c23-19-16-18(6-7-20(19)25-12-14-30-15-13-25)24-22(29)27-10-8-26(9-11-27)21(28)17-4-2-1-3-5-17/h1-7,16H,8-15H2,(H,24,29). The number of nitrogens with zero attached hydrogens (tertiary/aromatic N) is 3. The topological polar surface area (TPSA) is 65.1 Å². The number of nitrogens with one attached hydrogen (secondary N) is 1. The Balaban J connectivity index is 1.31. The number of hydrogen-bond acceptors (Lipinski definition) is 4. The lowest BCUT2D eigenvalue weighted by molar-refractivity contribution is 0.0671. The Morgan fingerprint density at radius 2 is 1.53 bits per heavy atom. The molecular weight excluding hydrogens is 387 g/mol. The third-order valence-corrected chi connectivity index (χ3v) is 5.43. The molecule has 2 aliphatic heterocycles. The van der Waals surface area contributed by atoms with Crippen molar-refractivity contribution in [1.82, 2.24) is 9.80 Å². The Labute approximate surface area is 175 Å². The van der Waals surface area contributed by atoms with Gasteiger partial charge in [-0.05, 0) is 30.3 Å². The Morgan fingerprint density at radius 3 is 2.20 bits per heavy atom. The van der Waals surface area contributed by atoms with E-state index < -0.39 is 0 Å². The molecule has 0 unspecified atom stereocenters. The second kappa shape index (κ2) is 9.13. The van der Waals surface area contributed by atoms with Crippen LogP contribution in [0.3, 0.4) is 0 Å². The lowest BCUT2D eigenvalue weighted by Gasteiger charge is -2.34. The minimum atomic E-state index is -0.368. The van der Waals surface area contributed by atoms with E-state index in [4.69, 9.17) is 4.74 Å². The van der Waals surface area contributed by atoms with Gasteiger partial charge in [0.2, 0.25) is 0 Å². The van der Waals surface area contributed by atoms with Crippen LogP contribution in [0.15, 0.2) is 48.5 Å². The highest BCUT2D eigenvalue weighted by atomic mass is 19.1. The zero-order chi connectivity index (χ0) is 20.9. The van der Waals surface area contributed by atoms with E-state index in [0.29, 0.717) is 69.4 Å². The maximum Gasteiger partial charge on any atom is 0.321 e. The second-order valence-electron chi connectivity index (χ2n) is 7.34. The number of piperazine rings is 1. The number of ether oxygens (including phenoxy) is 1. The van der Waals surface area contributed by atoms with E-state index in [0.717, 1.165) is 0 Å². The van der Waals surface area contributed by atoms with Gasteiger partial charge < -0.3 is 24.8 Å². The second-order valence-corrected chi connectivity index (χ2v) is 7.34. The number of halogens is 1. The summed E-state index contributed by atoms with van der Waals surface area (Å²) < 4.78 is 19.8. The molecular formula is C22H25FN4O3. The van der Waals surface area contributed by atoms with E-state index in [9.17, 15) is 14.0 Å². The minimum Gasteiger partial charge on any atom is -0.378 e. The number of carbonyl (C=O) groups is 2. The monoisotopic (exact) mass is 412 g/mol. The van der Waals surface area contributed by atoms with E-state index in [-0.39, 0.29) is 17.8 Å². The molecule has 0 bridgehead atoms. The Morgan fingerprint density at radius 1 is 0.867 bits per heavy atom. The zero-order valence-corrected chi connectivity index (χ0v) is 16.7. The van der Waals surface area contributed by atoms with Gasteiger partial charge in [-0.25, -0.2) is 9.18 Å². The highest BCUT2D eigenvalue weighted by Crippen LogP contribution is 2.24. The highest BCUT2D eigenvalue weighted by Gasteiger charge is 2.25. The number of hydrogen-bond donors (Lipinski definition) is 1. The third kappa shape index (κ3) is 4.54. The van der Waals surface area contributed by atoms with Crippen LogP contribution in [-0.4, -0.2) is 74.2 Å². The van der Waals surface area contributed by atoms with Gasteiger partial charge in [0.1, 0.15) is 5.82 Å². The van der Waals surface area contributed by atoms with E-state index in [1.807, 2.05) is 23.1 Å². The lowest BCUT2D eigenvalue weighted by atomic mass is 10.2. The summed E-state index contributed by atoms with van der Waals surface area (Å²) in [6.07, 6.45) is 0. The fraction of sp³-hybridized carbons (Fsp3) is 0.364. The van der Waals surface area contributed by atoms with Crippen LogP contribution < -0.4 is 10.2 Å². The predicted molar refractivity (Wildman–Crippen MR) is 112 cm³/mol. The number of urea groups is 1. The van der Waals surface area contributed by atoms with Gasteiger partial charge in [-0.2, -0.15) is 0 Å². The molecule has 7 nitrogen and oxygen atoms in total. The maximum absolute atomic E-state index is 14.5. The molecule has 2 aromatic carbocycles. The molecule has 4 rings (SSSR count). The third-order valence-electron chi connectivity index (χ3n) is 5.43. The molecule has 0 aromatic heterocycles. The number of carbonyl (C=O) groups excluding carboxylic acids is 2. The van der Waals surface area contributed by atoms with Crippen molar-refractivity contribution in [3.8, 4) is 0 Å². The molecule has 2 fully saturated rings. The van der Waals surface area contributed by atoms with Gasteiger partial charge in [0.15, 0.2) is 0 Å². The van der Waals surface area contributed by atoms with Crippen molar-refractivity contribution in [2.45, 2.75) is 0 Å². The molecule has 2 aromatic rings. The highest BCUT2D eigenvalue weighted by molar-refractivity contribution is 5.94. The van der Waals surface area contributed by atoms with Gasteiger partial charge >= 0.3 is 6.03 Å². The van der Waals surface area contributed by atoms with Gasteiger partial charge in [-0.1, -0.05) is 18.2 Å². The molecule has 3 amide bonds. The van der Waals surface area contributed by atoms with Gasteiger partial charge in [-0.15, -0.1) is 0 Å². The van der Waals surface area contributed by atoms with Gasteiger partial charge in [0, 0.05) is 50.5 Å². The fourth-order valence-corrected chi connectivity index (χ4v) is 3.72. The maximum atomic E-state index is 14.5. The lowest BCUT2D eigenvalue weighted by Crippen LogP contribution is -2.51. The molecule has 0 radical (unpaired) electrons. The molecule has 0 saturated carbocycles. The van der Waals surface area contributed by atoms with Crippen LogP contribution in [0.25, 0.3) is 0 Å². The Hall–Kier alpha value is -3.13. The average molecular weight is 412 g/mol. The largest absolute Gasteiger partial charge is 0.378 e. The van der Waals surface area contributed by atoms with Crippen molar-refractivity contribution >= 4 is 23.3 Å². The molecule has 0 aliphatic carbocycles. The summed E-state index contributed by atoms with van der Waals surface area (Å²) in [5.41, 5.74) is 1.58. The quantitative estimate of drug-likeness (QED) is 0.842. The molecule has 1 N–H and O–H groups in total. The van der Waals surface area contributed by atoms with Gasteiger partial charge in [0.25, 0.3) is 5.91 Å². The summed E-state index contributed by atoms with van der Waals surface area (Å²) in [5, 5.41) is 2.76. The first kappa shape index (κ1) is 20.2. The van der Waals surface area contributed by atoms with E-state index in [1.165, 1.54) is 6.07 Å². The zero-order valence-electron chi connectivity index (χ0n) is 16.7. The normalized spacial score (nSPS) is 17.0. The number of anilines is 2. The molecule has 30 heavy (non-hydrogen) atoms. The number of morpholine rings is 1. The molecule has 0 atom stereocenters. The summed E-state index contributed by atoms with van der Waals surface area (Å²) >= 11 is 0. The van der Waals surface area contributed by atoms with Gasteiger partial charge in [0.05, 0.1) is 18.9 Å². The van der Waals surface area contributed by atoms with Crippen molar-refractivity contribution < 1.29 is 18.7 Å². The molecule has 0 spiro atoms.